The second-order valence-corrected chi connectivity index (χ2v) is 7.91. The fourth-order valence-electron chi connectivity index (χ4n) is 3.93. The van der Waals surface area contributed by atoms with Crippen molar-refractivity contribution in [1.82, 2.24) is 20.5 Å². The standard InChI is InChI=1S/C24H26N4O4/c29-18-7-5-16(6-8-18)11-13-25-22(30)10-9-21-23(31)28(24(32)27-21)14-12-17-15-26-20-4-2-1-3-19(17)20/h1-8,15,21,26,29H,9-14H2,(H,25,30)(H,27,32)/t21-/m1/s1. The number of fused-ring (bicyclic) bond motifs is 1. The summed E-state index contributed by atoms with van der Waals surface area (Å²) in [4.78, 5) is 41.5. The molecule has 4 rings (SSSR count). The van der Waals surface area contributed by atoms with Crippen molar-refractivity contribution in [2.24, 2.45) is 0 Å². The number of aromatic nitrogens is 1. The summed E-state index contributed by atoms with van der Waals surface area (Å²) in [5.41, 5.74) is 3.08. The Balaban J connectivity index is 1.22. The smallest absolute Gasteiger partial charge is 0.324 e. The number of carbonyl (C=O) groups is 3. The van der Waals surface area contributed by atoms with Crippen LogP contribution < -0.4 is 10.6 Å². The van der Waals surface area contributed by atoms with Crippen molar-refractivity contribution in [2.75, 3.05) is 13.1 Å². The summed E-state index contributed by atoms with van der Waals surface area (Å²) in [6.07, 6.45) is 3.53. The van der Waals surface area contributed by atoms with Gasteiger partial charge in [-0.15, -0.1) is 0 Å². The first-order valence-corrected chi connectivity index (χ1v) is 10.7. The quantitative estimate of drug-likeness (QED) is 0.387. The summed E-state index contributed by atoms with van der Waals surface area (Å²) >= 11 is 0. The van der Waals surface area contributed by atoms with Gasteiger partial charge in [0.25, 0.3) is 5.91 Å². The van der Waals surface area contributed by atoms with Gasteiger partial charge in [0.2, 0.25) is 5.91 Å². The van der Waals surface area contributed by atoms with Crippen LogP contribution >= 0.6 is 0 Å². The van der Waals surface area contributed by atoms with Crippen LogP contribution in [0.4, 0.5) is 4.79 Å². The van der Waals surface area contributed by atoms with Gasteiger partial charge in [0.15, 0.2) is 0 Å². The molecule has 0 bridgehead atoms. The molecule has 0 radical (unpaired) electrons. The molecule has 4 N–H and O–H groups in total. The first kappa shape index (κ1) is 21.4. The summed E-state index contributed by atoms with van der Waals surface area (Å²) in [5.74, 6) is -0.244. The topological polar surface area (TPSA) is 115 Å². The molecule has 1 saturated heterocycles. The van der Waals surface area contributed by atoms with E-state index in [0.29, 0.717) is 25.9 Å². The fourth-order valence-corrected chi connectivity index (χ4v) is 3.93. The van der Waals surface area contributed by atoms with E-state index in [0.717, 1.165) is 22.0 Å². The third-order valence-corrected chi connectivity index (χ3v) is 5.72. The molecule has 0 unspecified atom stereocenters. The first-order valence-electron chi connectivity index (χ1n) is 10.7. The van der Waals surface area contributed by atoms with Gasteiger partial charge < -0.3 is 20.7 Å². The molecule has 2 heterocycles. The van der Waals surface area contributed by atoms with Crippen LogP contribution in [0.25, 0.3) is 10.9 Å². The number of phenols is 1. The van der Waals surface area contributed by atoms with E-state index in [9.17, 15) is 19.5 Å². The van der Waals surface area contributed by atoms with Gasteiger partial charge in [-0.1, -0.05) is 30.3 Å². The molecule has 0 spiro atoms. The molecule has 8 heteroatoms. The SMILES string of the molecule is O=C(CC[C@H]1NC(=O)N(CCc2c[nH]c3ccccc23)C1=O)NCCc1ccc(O)cc1. The monoisotopic (exact) mass is 434 g/mol. The molecule has 4 amide bonds. The van der Waals surface area contributed by atoms with E-state index in [4.69, 9.17) is 0 Å². The molecule has 32 heavy (non-hydrogen) atoms. The molecule has 1 aromatic heterocycles. The molecule has 1 atom stereocenters. The number of nitrogens with zero attached hydrogens (tertiary/aromatic N) is 1. The number of H-pyrrole nitrogens is 1. The average molecular weight is 434 g/mol. The molecular formula is C24H26N4O4. The van der Waals surface area contributed by atoms with Gasteiger partial charge in [0.1, 0.15) is 11.8 Å². The Bertz CT molecular complexity index is 1120. The van der Waals surface area contributed by atoms with Crippen molar-refractivity contribution >= 4 is 28.7 Å². The maximum Gasteiger partial charge on any atom is 0.324 e. The van der Waals surface area contributed by atoms with Crippen molar-refractivity contribution in [3.05, 3.63) is 65.9 Å². The Kier molecular flexibility index (Phi) is 6.39. The van der Waals surface area contributed by atoms with Crippen molar-refractivity contribution in [3.63, 3.8) is 0 Å². The largest absolute Gasteiger partial charge is 0.508 e. The zero-order valence-corrected chi connectivity index (χ0v) is 17.6. The second kappa shape index (κ2) is 9.55. The number of aromatic hydroxyl groups is 1. The lowest BCUT2D eigenvalue weighted by molar-refractivity contribution is -0.127. The van der Waals surface area contributed by atoms with E-state index in [1.165, 1.54) is 4.90 Å². The summed E-state index contributed by atoms with van der Waals surface area (Å²) in [7, 11) is 0. The zero-order chi connectivity index (χ0) is 22.5. The summed E-state index contributed by atoms with van der Waals surface area (Å²) in [6, 6.07) is 13.6. The molecule has 1 aliphatic rings. The van der Waals surface area contributed by atoms with E-state index in [-0.39, 0.29) is 30.4 Å². The lowest BCUT2D eigenvalue weighted by Gasteiger charge is -2.12. The number of urea groups is 1. The zero-order valence-electron chi connectivity index (χ0n) is 17.6. The third-order valence-electron chi connectivity index (χ3n) is 5.72. The van der Waals surface area contributed by atoms with Gasteiger partial charge in [0, 0.05) is 36.6 Å². The second-order valence-electron chi connectivity index (χ2n) is 7.91. The highest BCUT2D eigenvalue weighted by atomic mass is 16.3. The van der Waals surface area contributed by atoms with E-state index < -0.39 is 12.1 Å². The van der Waals surface area contributed by atoms with Crippen molar-refractivity contribution in [1.29, 1.82) is 0 Å². The Morgan fingerprint density at radius 2 is 1.84 bits per heavy atom. The molecule has 0 saturated carbocycles. The van der Waals surface area contributed by atoms with Crippen LogP contribution in [-0.4, -0.2) is 52.0 Å². The predicted molar refractivity (Wildman–Crippen MR) is 120 cm³/mol. The van der Waals surface area contributed by atoms with E-state index in [1.54, 1.807) is 24.3 Å². The van der Waals surface area contributed by atoms with Gasteiger partial charge in [0.05, 0.1) is 0 Å². The number of imide groups is 1. The van der Waals surface area contributed by atoms with E-state index in [2.05, 4.69) is 15.6 Å². The first-order chi connectivity index (χ1) is 15.5. The fraction of sp³-hybridized carbons (Fsp3) is 0.292. The van der Waals surface area contributed by atoms with Crippen LogP contribution in [0.3, 0.4) is 0 Å². The minimum absolute atomic E-state index is 0.155. The average Bonchev–Trinajstić information content (AvgIpc) is 3.32. The Morgan fingerprint density at radius 3 is 2.66 bits per heavy atom. The number of hydrogen-bond acceptors (Lipinski definition) is 4. The number of amides is 4. The molecule has 8 nitrogen and oxygen atoms in total. The number of nitrogens with one attached hydrogen (secondary N) is 3. The van der Waals surface area contributed by atoms with Crippen LogP contribution in [0.5, 0.6) is 5.75 Å². The molecule has 3 aromatic rings. The van der Waals surface area contributed by atoms with Gasteiger partial charge in [-0.25, -0.2) is 4.79 Å². The Hall–Kier alpha value is -3.81. The number of carbonyl (C=O) groups excluding carboxylic acids is 3. The minimum atomic E-state index is -0.673. The highest BCUT2D eigenvalue weighted by Gasteiger charge is 2.37. The lowest BCUT2D eigenvalue weighted by Crippen LogP contribution is -2.34. The minimum Gasteiger partial charge on any atom is -0.508 e. The maximum absolute atomic E-state index is 12.7. The summed E-state index contributed by atoms with van der Waals surface area (Å²) < 4.78 is 0. The molecule has 0 aliphatic carbocycles. The Morgan fingerprint density at radius 1 is 1.06 bits per heavy atom. The van der Waals surface area contributed by atoms with Gasteiger partial charge in [-0.05, 0) is 48.6 Å². The number of phenolic OH excluding ortho intramolecular Hbond substituents is 1. The molecular weight excluding hydrogens is 408 g/mol. The number of benzene rings is 2. The van der Waals surface area contributed by atoms with Gasteiger partial charge in [-0.2, -0.15) is 0 Å². The lowest BCUT2D eigenvalue weighted by atomic mass is 10.1. The van der Waals surface area contributed by atoms with Crippen molar-refractivity contribution in [3.8, 4) is 5.75 Å². The Labute approximate surface area is 185 Å². The van der Waals surface area contributed by atoms with Crippen LogP contribution in [0.2, 0.25) is 0 Å². The summed E-state index contributed by atoms with van der Waals surface area (Å²) in [5, 5.41) is 15.9. The number of hydrogen-bond donors (Lipinski definition) is 4. The molecule has 1 fully saturated rings. The van der Waals surface area contributed by atoms with Crippen molar-refractivity contribution < 1.29 is 19.5 Å². The number of aromatic amines is 1. The van der Waals surface area contributed by atoms with Gasteiger partial charge in [-0.3, -0.25) is 14.5 Å². The van der Waals surface area contributed by atoms with Crippen LogP contribution in [0.15, 0.2) is 54.7 Å². The van der Waals surface area contributed by atoms with Gasteiger partial charge >= 0.3 is 6.03 Å². The highest BCUT2D eigenvalue weighted by molar-refractivity contribution is 6.04. The van der Waals surface area contributed by atoms with Crippen molar-refractivity contribution in [2.45, 2.75) is 31.7 Å². The molecule has 2 aromatic carbocycles. The number of para-hydroxylation sites is 1. The number of rotatable bonds is 9. The third kappa shape index (κ3) is 4.91. The maximum atomic E-state index is 12.7. The summed E-state index contributed by atoms with van der Waals surface area (Å²) in [6.45, 7) is 0.757. The van der Waals surface area contributed by atoms with Crippen LogP contribution in [0.1, 0.15) is 24.0 Å². The highest BCUT2D eigenvalue weighted by Crippen LogP contribution is 2.19. The van der Waals surface area contributed by atoms with Crippen LogP contribution in [-0.2, 0) is 22.4 Å². The van der Waals surface area contributed by atoms with E-state index in [1.807, 2.05) is 30.5 Å². The molecule has 166 valence electrons. The normalized spacial score (nSPS) is 15.9. The van der Waals surface area contributed by atoms with E-state index >= 15 is 0 Å². The molecule has 1 aliphatic heterocycles. The van der Waals surface area contributed by atoms with Crippen LogP contribution in [0, 0.1) is 0 Å². The predicted octanol–water partition coefficient (Wildman–Crippen LogP) is 2.48.